The van der Waals surface area contributed by atoms with Gasteiger partial charge in [0.15, 0.2) is 0 Å². The van der Waals surface area contributed by atoms with Crippen molar-refractivity contribution in [3.8, 4) is 0 Å². The van der Waals surface area contributed by atoms with E-state index in [4.69, 9.17) is 4.42 Å². The Morgan fingerprint density at radius 3 is 2.95 bits per heavy atom. The Labute approximate surface area is 137 Å². The second kappa shape index (κ2) is 7.16. The van der Waals surface area contributed by atoms with Gasteiger partial charge in [-0.25, -0.2) is 0 Å². The Kier molecular flexibility index (Phi) is 5.48. The molecular weight excluding hydrogens is 300 g/mol. The standard InChI is InChI=1S/C17H22N2O2.ClH/c1-11-5-6-15-13(10-21-17(15)12(11)2)8-16(20)19-9-14-4-3-7-18-14;/h5-6,10,14,18H,3-4,7-9H2,1-2H3,(H,19,20);1H. The number of carbonyl (C=O) groups is 1. The van der Waals surface area contributed by atoms with E-state index in [0.717, 1.165) is 35.1 Å². The summed E-state index contributed by atoms with van der Waals surface area (Å²) in [4.78, 5) is 12.1. The van der Waals surface area contributed by atoms with Gasteiger partial charge in [-0.05, 0) is 44.4 Å². The van der Waals surface area contributed by atoms with Crippen molar-refractivity contribution in [3.05, 3.63) is 35.1 Å². The molecule has 2 heterocycles. The van der Waals surface area contributed by atoms with Crippen LogP contribution >= 0.6 is 12.4 Å². The minimum absolute atomic E-state index is 0. The fraction of sp³-hybridized carbons (Fsp3) is 0.471. The maximum Gasteiger partial charge on any atom is 0.224 e. The van der Waals surface area contributed by atoms with Crippen molar-refractivity contribution in [3.63, 3.8) is 0 Å². The molecule has 2 aromatic rings. The first-order valence-corrected chi connectivity index (χ1v) is 7.61. The van der Waals surface area contributed by atoms with Crippen LogP contribution in [0.15, 0.2) is 22.8 Å². The zero-order chi connectivity index (χ0) is 14.8. The van der Waals surface area contributed by atoms with E-state index in [1.54, 1.807) is 6.26 Å². The molecule has 5 heteroatoms. The summed E-state index contributed by atoms with van der Waals surface area (Å²) in [5.74, 6) is 0.0598. The predicted octanol–water partition coefficient (Wildman–Crippen LogP) is 2.88. The summed E-state index contributed by atoms with van der Waals surface area (Å²) >= 11 is 0. The molecule has 2 N–H and O–H groups in total. The van der Waals surface area contributed by atoms with Crippen LogP contribution in [0.2, 0.25) is 0 Å². The van der Waals surface area contributed by atoms with Gasteiger partial charge in [0.2, 0.25) is 5.91 Å². The number of fused-ring (bicyclic) bond motifs is 1. The van der Waals surface area contributed by atoms with Gasteiger partial charge in [-0.3, -0.25) is 4.79 Å². The Morgan fingerprint density at radius 1 is 1.41 bits per heavy atom. The number of hydrogen-bond donors (Lipinski definition) is 2. The van der Waals surface area contributed by atoms with Gasteiger partial charge < -0.3 is 15.1 Å². The second-order valence-corrected chi connectivity index (χ2v) is 5.92. The first-order valence-electron chi connectivity index (χ1n) is 7.61. The molecule has 1 unspecified atom stereocenters. The average molecular weight is 323 g/mol. The second-order valence-electron chi connectivity index (χ2n) is 5.92. The molecule has 1 aliphatic rings. The smallest absolute Gasteiger partial charge is 0.224 e. The lowest BCUT2D eigenvalue weighted by atomic mass is 10.0. The van der Waals surface area contributed by atoms with Crippen molar-refractivity contribution in [2.75, 3.05) is 13.1 Å². The van der Waals surface area contributed by atoms with Crippen LogP contribution in [0.5, 0.6) is 0 Å². The number of nitrogens with one attached hydrogen (secondary N) is 2. The van der Waals surface area contributed by atoms with Crippen LogP contribution in [0.3, 0.4) is 0 Å². The van der Waals surface area contributed by atoms with Crippen molar-refractivity contribution >= 4 is 29.3 Å². The lowest BCUT2D eigenvalue weighted by Crippen LogP contribution is -2.37. The molecule has 120 valence electrons. The van der Waals surface area contributed by atoms with Gasteiger partial charge in [-0.2, -0.15) is 0 Å². The Morgan fingerprint density at radius 2 is 2.23 bits per heavy atom. The highest BCUT2D eigenvalue weighted by Crippen LogP contribution is 2.26. The topological polar surface area (TPSA) is 54.3 Å². The minimum atomic E-state index is 0. The quantitative estimate of drug-likeness (QED) is 0.910. The maximum absolute atomic E-state index is 12.1. The van der Waals surface area contributed by atoms with E-state index in [0.29, 0.717) is 19.0 Å². The molecule has 1 atom stereocenters. The van der Waals surface area contributed by atoms with E-state index in [1.807, 2.05) is 6.07 Å². The van der Waals surface area contributed by atoms with E-state index >= 15 is 0 Å². The average Bonchev–Trinajstić information content (AvgIpc) is 3.11. The Hall–Kier alpha value is -1.52. The summed E-state index contributed by atoms with van der Waals surface area (Å²) in [5.41, 5.74) is 4.22. The maximum atomic E-state index is 12.1. The molecule has 0 aliphatic carbocycles. The minimum Gasteiger partial charge on any atom is -0.464 e. The zero-order valence-corrected chi connectivity index (χ0v) is 13.9. The van der Waals surface area contributed by atoms with Crippen molar-refractivity contribution in [1.82, 2.24) is 10.6 Å². The van der Waals surface area contributed by atoms with E-state index in [1.165, 1.54) is 12.0 Å². The van der Waals surface area contributed by atoms with Gasteiger partial charge in [-0.15, -0.1) is 12.4 Å². The SMILES string of the molecule is Cc1ccc2c(CC(=O)NCC3CCCN3)coc2c1C.Cl. The number of benzene rings is 1. The van der Waals surface area contributed by atoms with Gasteiger partial charge in [0.25, 0.3) is 0 Å². The number of carbonyl (C=O) groups excluding carboxylic acids is 1. The van der Waals surface area contributed by atoms with Crippen LogP contribution in [0.1, 0.15) is 29.5 Å². The molecule has 0 saturated carbocycles. The fourth-order valence-corrected chi connectivity index (χ4v) is 2.93. The van der Waals surface area contributed by atoms with Crippen LogP contribution in [0.4, 0.5) is 0 Å². The molecule has 0 radical (unpaired) electrons. The fourth-order valence-electron chi connectivity index (χ4n) is 2.93. The predicted molar refractivity (Wildman–Crippen MR) is 90.7 cm³/mol. The Balaban J connectivity index is 0.00000176. The van der Waals surface area contributed by atoms with Crippen molar-refractivity contribution < 1.29 is 9.21 Å². The lowest BCUT2D eigenvalue weighted by molar-refractivity contribution is -0.120. The molecule has 1 saturated heterocycles. The molecular formula is C17H23ClN2O2. The highest BCUT2D eigenvalue weighted by molar-refractivity contribution is 5.89. The molecule has 0 bridgehead atoms. The third-order valence-electron chi connectivity index (χ3n) is 4.40. The first kappa shape index (κ1) is 16.8. The van der Waals surface area contributed by atoms with Crippen LogP contribution in [0.25, 0.3) is 11.0 Å². The lowest BCUT2D eigenvalue weighted by Gasteiger charge is -2.11. The first-order chi connectivity index (χ1) is 10.1. The summed E-state index contributed by atoms with van der Waals surface area (Å²) in [5, 5.41) is 7.44. The van der Waals surface area contributed by atoms with Crippen LogP contribution < -0.4 is 10.6 Å². The van der Waals surface area contributed by atoms with Crippen LogP contribution in [-0.2, 0) is 11.2 Å². The molecule has 4 nitrogen and oxygen atoms in total. The summed E-state index contributed by atoms with van der Waals surface area (Å²) in [6.45, 7) is 5.90. The molecule has 0 spiro atoms. The third kappa shape index (κ3) is 3.45. The molecule has 1 fully saturated rings. The van der Waals surface area contributed by atoms with Crippen LogP contribution in [0, 0.1) is 13.8 Å². The third-order valence-corrected chi connectivity index (χ3v) is 4.40. The summed E-state index contributed by atoms with van der Waals surface area (Å²) in [6, 6.07) is 4.55. The van der Waals surface area contributed by atoms with Crippen LogP contribution in [-0.4, -0.2) is 25.0 Å². The molecule has 3 rings (SSSR count). The zero-order valence-electron chi connectivity index (χ0n) is 13.1. The number of rotatable bonds is 4. The molecule has 22 heavy (non-hydrogen) atoms. The van der Waals surface area contributed by atoms with Crippen molar-refractivity contribution in [2.24, 2.45) is 0 Å². The highest BCUT2D eigenvalue weighted by atomic mass is 35.5. The van der Waals surface area contributed by atoms with Crippen molar-refractivity contribution in [1.29, 1.82) is 0 Å². The molecule has 1 aromatic carbocycles. The monoisotopic (exact) mass is 322 g/mol. The number of furan rings is 1. The van der Waals surface area contributed by atoms with E-state index in [-0.39, 0.29) is 18.3 Å². The van der Waals surface area contributed by atoms with E-state index in [9.17, 15) is 4.79 Å². The summed E-state index contributed by atoms with van der Waals surface area (Å²) in [7, 11) is 0. The Bertz CT molecular complexity index is 660. The highest BCUT2D eigenvalue weighted by Gasteiger charge is 2.16. The van der Waals surface area contributed by atoms with Crippen molar-refractivity contribution in [2.45, 2.75) is 39.2 Å². The van der Waals surface area contributed by atoms with Gasteiger partial charge in [0.05, 0.1) is 12.7 Å². The number of aryl methyl sites for hydroxylation is 2. The van der Waals surface area contributed by atoms with E-state index < -0.39 is 0 Å². The van der Waals surface area contributed by atoms with Gasteiger partial charge >= 0.3 is 0 Å². The summed E-state index contributed by atoms with van der Waals surface area (Å²) in [6.07, 6.45) is 4.44. The van der Waals surface area contributed by atoms with Gasteiger partial charge in [-0.1, -0.05) is 12.1 Å². The van der Waals surface area contributed by atoms with E-state index in [2.05, 4.69) is 30.5 Å². The van der Waals surface area contributed by atoms with Gasteiger partial charge in [0, 0.05) is 23.5 Å². The largest absolute Gasteiger partial charge is 0.464 e. The molecule has 1 aromatic heterocycles. The normalized spacial score (nSPS) is 17.5. The number of amides is 1. The molecule has 1 amide bonds. The number of halogens is 1. The van der Waals surface area contributed by atoms with Gasteiger partial charge in [0.1, 0.15) is 5.58 Å². The number of hydrogen-bond acceptors (Lipinski definition) is 3. The molecule has 1 aliphatic heterocycles. The summed E-state index contributed by atoms with van der Waals surface area (Å²) < 4.78 is 5.65.